The van der Waals surface area contributed by atoms with Gasteiger partial charge in [-0.05, 0) is 66.2 Å². The van der Waals surface area contributed by atoms with Crippen molar-refractivity contribution in [1.29, 1.82) is 0 Å². The fourth-order valence-corrected chi connectivity index (χ4v) is 2.95. The lowest BCUT2D eigenvalue weighted by Gasteiger charge is -2.08. The molecular formula is C23H18N2O3. The SMILES string of the molecule is Cc1ccc2cc(C(=O)Nc3ccc(NC(=O)c4ccco4)cc3)ccc2c1. The van der Waals surface area contributed by atoms with Gasteiger partial charge in [-0.3, -0.25) is 9.59 Å². The van der Waals surface area contributed by atoms with Gasteiger partial charge in [0, 0.05) is 16.9 Å². The lowest BCUT2D eigenvalue weighted by molar-refractivity contribution is 0.0994. The maximum atomic E-state index is 12.5. The van der Waals surface area contributed by atoms with Crippen LogP contribution in [0.5, 0.6) is 0 Å². The average molecular weight is 370 g/mol. The van der Waals surface area contributed by atoms with Gasteiger partial charge >= 0.3 is 0 Å². The first-order valence-corrected chi connectivity index (χ1v) is 8.85. The van der Waals surface area contributed by atoms with Crippen LogP contribution in [0.3, 0.4) is 0 Å². The van der Waals surface area contributed by atoms with Gasteiger partial charge in [-0.2, -0.15) is 0 Å². The second-order valence-corrected chi connectivity index (χ2v) is 6.53. The quantitative estimate of drug-likeness (QED) is 0.516. The number of anilines is 2. The molecule has 0 unspecified atom stereocenters. The number of carbonyl (C=O) groups excluding carboxylic acids is 2. The maximum absolute atomic E-state index is 12.5. The Morgan fingerprint density at radius 1 is 0.750 bits per heavy atom. The van der Waals surface area contributed by atoms with Crippen molar-refractivity contribution in [3.8, 4) is 0 Å². The molecule has 2 amide bonds. The molecule has 0 radical (unpaired) electrons. The zero-order chi connectivity index (χ0) is 19.5. The van der Waals surface area contributed by atoms with Gasteiger partial charge in [0.05, 0.1) is 6.26 Å². The van der Waals surface area contributed by atoms with Crippen molar-refractivity contribution in [3.05, 3.63) is 95.9 Å². The van der Waals surface area contributed by atoms with Gasteiger partial charge in [0.25, 0.3) is 11.8 Å². The monoisotopic (exact) mass is 370 g/mol. The van der Waals surface area contributed by atoms with Gasteiger partial charge in [-0.25, -0.2) is 0 Å². The van der Waals surface area contributed by atoms with Crippen molar-refractivity contribution in [2.45, 2.75) is 6.92 Å². The number of carbonyl (C=O) groups is 2. The molecule has 0 atom stereocenters. The summed E-state index contributed by atoms with van der Waals surface area (Å²) in [6.45, 7) is 2.04. The number of nitrogens with one attached hydrogen (secondary N) is 2. The summed E-state index contributed by atoms with van der Waals surface area (Å²) in [7, 11) is 0. The highest BCUT2D eigenvalue weighted by Gasteiger charge is 2.10. The number of aryl methyl sites for hydroxylation is 1. The number of rotatable bonds is 4. The van der Waals surface area contributed by atoms with Gasteiger partial charge < -0.3 is 15.1 Å². The first-order chi connectivity index (χ1) is 13.6. The Labute approximate surface area is 162 Å². The molecule has 4 rings (SSSR count). The Hall–Kier alpha value is -3.86. The fourth-order valence-electron chi connectivity index (χ4n) is 2.95. The van der Waals surface area contributed by atoms with Crippen LogP contribution in [0, 0.1) is 6.92 Å². The van der Waals surface area contributed by atoms with Crippen LogP contribution < -0.4 is 10.6 Å². The maximum Gasteiger partial charge on any atom is 0.291 e. The zero-order valence-electron chi connectivity index (χ0n) is 15.2. The third-order valence-corrected chi connectivity index (χ3v) is 4.40. The first kappa shape index (κ1) is 17.5. The number of hydrogen-bond donors (Lipinski definition) is 2. The van der Waals surface area contributed by atoms with Crippen molar-refractivity contribution in [1.82, 2.24) is 0 Å². The lowest BCUT2D eigenvalue weighted by Crippen LogP contribution is -2.13. The summed E-state index contributed by atoms with van der Waals surface area (Å²) >= 11 is 0. The molecule has 0 spiro atoms. The summed E-state index contributed by atoms with van der Waals surface area (Å²) in [5.74, 6) is -0.271. The zero-order valence-corrected chi connectivity index (χ0v) is 15.2. The van der Waals surface area contributed by atoms with E-state index in [-0.39, 0.29) is 17.6 Å². The second kappa shape index (κ2) is 7.40. The van der Waals surface area contributed by atoms with Crippen LogP contribution in [-0.4, -0.2) is 11.8 Å². The van der Waals surface area contributed by atoms with Crippen LogP contribution in [-0.2, 0) is 0 Å². The van der Waals surface area contributed by atoms with Crippen molar-refractivity contribution < 1.29 is 14.0 Å². The second-order valence-electron chi connectivity index (χ2n) is 6.53. The van der Waals surface area contributed by atoms with E-state index in [0.717, 1.165) is 10.8 Å². The van der Waals surface area contributed by atoms with Crippen LogP contribution in [0.25, 0.3) is 10.8 Å². The van der Waals surface area contributed by atoms with Gasteiger partial charge in [0.15, 0.2) is 5.76 Å². The summed E-state index contributed by atoms with van der Waals surface area (Å²) in [5.41, 5.74) is 3.03. The molecule has 2 N–H and O–H groups in total. The van der Waals surface area contributed by atoms with Crippen molar-refractivity contribution in [3.63, 3.8) is 0 Å². The molecule has 0 bridgehead atoms. The van der Waals surface area contributed by atoms with Crippen LogP contribution in [0.4, 0.5) is 11.4 Å². The molecule has 0 saturated carbocycles. The molecule has 0 saturated heterocycles. The molecule has 138 valence electrons. The highest BCUT2D eigenvalue weighted by Crippen LogP contribution is 2.20. The highest BCUT2D eigenvalue weighted by atomic mass is 16.3. The van der Waals surface area contributed by atoms with Crippen LogP contribution in [0.2, 0.25) is 0 Å². The van der Waals surface area contributed by atoms with E-state index >= 15 is 0 Å². The van der Waals surface area contributed by atoms with E-state index in [4.69, 9.17) is 4.42 Å². The van der Waals surface area contributed by atoms with Gasteiger partial charge in [-0.1, -0.05) is 29.8 Å². The van der Waals surface area contributed by atoms with E-state index < -0.39 is 0 Å². The van der Waals surface area contributed by atoms with E-state index in [9.17, 15) is 9.59 Å². The van der Waals surface area contributed by atoms with E-state index in [2.05, 4.69) is 16.7 Å². The first-order valence-electron chi connectivity index (χ1n) is 8.85. The minimum absolute atomic E-state index is 0.185. The molecule has 4 aromatic rings. The van der Waals surface area contributed by atoms with E-state index in [1.807, 2.05) is 37.3 Å². The summed E-state index contributed by atoms with van der Waals surface area (Å²) in [6, 6.07) is 21.9. The molecule has 5 nitrogen and oxygen atoms in total. The van der Waals surface area contributed by atoms with Crippen molar-refractivity contribution >= 4 is 34.0 Å². The number of fused-ring (bicyclic) bond motifs is 1. The molecule has 0 aliphatic carbocycles. The summed E-state index contributed by atoms with van der Waals surface area (Å²) in [6.07, 6.45) is 1.45. The van der Waals surface area contributed by atoms with E-state index in [1.165, 1.54) is 11.8 Å². The summed E-state index contributed by atoms with van der Waals surface area (Å²) in [4.78, 5) is 24.5. The van der Waals surface area contributed by atoms with Crippen LogP contribution >= 0.6 is 0 Å². The van der Waals surface area contributed by atoms with Crippen molar-refractivity contribution in [2.24, 2.45) is 0 Å². The Balaban J connectivity index is 1.44. The standard InChI is InChI=1S/C23H18N2O3/c1-15-4-5-17-14-18(7-6-16(17)13-15)22(26)24-19-8-10-20(11-9-19)25-23(27)21-3-2-12-28-21/h2-14H,1H3,(H,24,26)(H,25,27). The summed E-state index contributed by atoms with van der Waals surface area (Å²) in [5, 5.41) is 7.74. The Morgan fingerprint density at radius 3 is 2.07 bits per heavy atom. The smallest absolute Gasteiger partial charge is 0.291 e. The average Bonchev–Trinajstić information content (AvgIpc) is 3.24. The molecule has 0 aliphatic rings. The molecule has 28 heavy (non-hydrogen) atoms. The van der Waals surface area contributed by atoms with Gasteiger partial charge in [0.2, 0.25) is 0 Å². The van der Waals surface area contributed by atoms with Crippen LogP contribution in [0.1, 0.15) is 26.5 Å². The topological polar surface area (TPSA) is 71.3 Å². The number of amides is 2. The van der Waals surface area contributed by atoms with Crippen LogP contribution in [0.15, 0.2) is 83.5 Å². The summed E-state index contributed by atoms with van der Waals surface area (Å²) < 4.78 is 5.06. The predicted molar refractivity (Wildman–Crippen MR) is 110 cm³/mol. The Morgan fingerprint density at radius 2 is 1.39 bits per heavy atom. The number of benzene rings is 3. The highest BCUT2D eigenvalue weighted by molar-refractivity contribution is 6.07. The molecule has 1 aromatic heterocycles. The van der Waals surface area contributed by atoms with E-state index in [1.54, 1.807) is 36.4 Å². The predicted octanol–water partition coefficient (Wildman–Crippen LogP) is 5.25. The van der Waals surface area contributed by atoms with Gasteiger partial charge in [-0.15, -0.1) is 0 Å². The minimum Gasteiger partial charge on any atom is -0.459 e. The molecule has 1 heterocycles. The Kier molecular flexibility index (Phi) is 4.64. The largest absolute Gasteiger partial charge is 0.459 e. The van der Waals surface area contributed by atoms with Gasteiger partial charge in [0.1, 0.15) is 0 Å². The normalized spacial score (nSPS) is 10.6. The molecule has 0 aliphatic heterocycles. The fraction of sp³-hybridized carbons (Fsp3) is 0.0435. The Bertz CT molecular complexity index is 1150. The molecule has 5 heteroatoms. The molecular weight excluding hydrogens is 352 g/mol. The van der Waals surface area contributed by atoms with E-state index in [0.29, 0.717) is 16.9 Å². The molecule has 3 aromatic carbocycles. The third-order valence-electron chi connectivity index (χ3n) is 4.40. The number of hydrogen-bond acceptors (Lipinski definition) is 3. The lowest BCUT2D eigenvalue weighted by atomic mass is 10.0. The van der Waals surface area contributed by atoms with Crippen molar-refractivity contribution in [2.75, 3.05) is 10.6 Å². The third kappa shape index (κ3) is 3.78. The molecule has 0 fully saturated rings. The minimum atomic E-state index is -0.326. The number of furan rings is 1.